The Kier molecular flexibility index (Phi) is 4.60. The van der Waals surface area contributed by atoms with E-state index in [9.17, 15) is 4.79 Å². The third-order valence-corrected chi connectivity index (χ3v) is 5.29. The molecule has 0 bridgehead atoms. The van der Waals surface area contributed by atoms with Crippen LogP contribution in [-0.4, -0.2) is 6.29 Å². The van der Waals surface area contributed by atoms with Crippen molar-refractivity contribution in [2.45, 2.75) is 84.0 Å². The molecule has 2 rings (SSSR count). The van der Waals surface area contributed by atoms with E-state index < -0.39 is 0 Å². The second-order valence-corrected chi connectivity index (χ2v) is 7.94. The summed E-state index contributed by atoms with van der Waals surface area (Å²) in [5, 5.41) is 0. The summed E-state index contributed by atoms with van der Waals surface area (Å²) in [6.07, 6.45) is 8.15. The number of aldehydes is 1. The minimum atomic E-state index is 0.185. The Balaban J connectivity index is 2.49. The first-order valence-electron chi connectivity index (χ1n) is 8.45. The van der Waals surface area contributed by atoms with Gasteiger partial charge in [0.2, 0.25) is 0 Å². The first kappa shape index (κ1) is 16.3. The molecule has 0 amide bonds. The first-order valence-corrected chi connectivity index (χ1v) is 8.45. The monoisotopic (exact) mass is 286 g/mol. The van der Waals surface area contributed by atoms with Crippen LogP contribution in [0.3, 0.4) is 0 Å². The summed E-state index contributed by atoms with van der Waals surface area (Å²) in [6, 6.07) is 4.53. The maximum Gasteiger partial charge on any atom is 0.150 e. The average Bonchev–Trinajstić information content (AvgIpc) is 2.44. The largest absolute Gasteiger partial charge is 0.298 e. The van der Waals surface area contributed by atoms with Gasteiger partial charge in [0, 0.05) is 5.56 Å². The molecule has 0 aliphatic heterocycles. The molecule has 116 valence electrons. The highest BCUT2D eigenvalue weighted by molar-refractivity contribution is 5.78. The Morgan fingerprint density at radius 2 is 1.57 bits per heavy atom. The minimum absolute atomic E-state index is 0.185. The predicted octanol–water partition coefficient (Wildman–Crippen LogP) is 5.58. The molecule has 1 nitrogen and oxygen atoms in total. The number of aryl methyl sites for hydroxylation is 1. The molecule has 1 aliphatic carbocycles. The fourth-order valence-electron chi connectivity index (χ4n) is 3.57. The molecule has 0 atom stereocenters. The van der Waals surface area contributed by atoms with Gasteiger partial charge < -0.3 is 0 Å². The SMILES string of the molecule is CCCCCc1cc2c(cc1C=O)C(C)(C)CCC2(C)C. The van der Waals surface area contributed by atoms with Gasteiger partial charge in [-0.05, 0) is 59.3 Å². The van der Waals surface area contributed by atoms with E-state index in [2.05, 4.69) is 46.8 Å². The standard InChI is InChI=1S/C20H30O/c1-6-7-8-9-15-12-17-18(13-16(15)14-21)20(4,5)11-10-19(17,2)3/h12-14H,6-11H2,1-5H3. The van der Waals surface area contributed by atoms with Crippen molar-refractivity contribution in [3.8, 4) is 0 Å². The minimum Gasteiger partial charge on any atom is -0.298 e. The van der Waals surface area contributed by atoms with E-state index in [-0.39, 0.29) is 10.8 Å². The Morgan fingerprint density at radius 3 is 2.10 bits per heavy atom. The molecule has 1 aromatic rings. The molecule has 0 N–H and O–H groups in total. The quantitative estimate of drug-likeness (QED) is 0.510. The van der Waals surface area contributed by atoms with Gasteiger partial charge in [-0.25, -0.2) is 0 Å². The Labute approximate surface area is 130 Å². The van der Waals surface area contributed by atoms with Crippen LogP contribution in [0.5, 0.6) is 0 Å². The van der Waals surface area contributed by atoms with Crippen LogP contribution in [0.15, 0.2) is 12.1 Å². The third kappa shape index (κ3) is 3.22. The first-order chi connectivity index (χ1) is 9.81. The number of carbonyl (C=O) groups is 1. The van der Waals surface area contributed by atoms with Gasteiger partial charge in [0.15, 0.2) is 0 Å². The summed E-state index contributed by atoms with van der Waals surface area (Å²) >= 11 is 0. The van der Waals surface area contributed by atoms with Crippen LogP contribution >= 0.6 is 0 Å². The van der Waals surface area contributed by atoms with Gasteiger partial charge in [-0.15, -0.1) is 0 Å². The van der Waals surface area contributed by atoms with E-state index in [0.717, 1.165) is 18.3 Å². The van der Waals surface area contributed by atoms with Crippen LogP contribution in [-0.2, 0) is 17.3 Å². The maximum atomic E-state index is 11.5. The average molecular weight is 286 g/mol. The molecule has 0 radical (unpaired) electrons. The normalized spacial score (nSPS) is 19.1. The molecule has 0 aromatic heterocycles. The van der Waals surface area contributed by atoms with Crippen molar-refractivity contribution in [3.05, 3.63) is 34.4 Å². The zero-order valence-corrected chi connectivity index (χ0v) is 14.4. The second kappa shape index (κ2) is 5.94. The van der Waals surface area contributed by atoms with Crippen molar-refractivity contribution in [1.82, 2.24) is 0 Å². The topological polar surface area (TPSA) is 17.1 Å². The molecular weight excluding hydrogens is 256 g/mol. The van der Waals surface area contributed by atoms with Gasteiger partial charge >= 0.3 is 0 Å². The molecule has 0 saturated heterocycles. The van der Waals surface area contributed by atoms with Crippen molar-refractivity contribution >= 4 is 6.29 Å². The fraction of sp³-hybridized carbons (Fsp3) is 0.650. The Morgan fingerprint density at radius 1 is 1.00 bits per heavy atom. The number of hydrogen-bond acceptors (Lipinski definition) is 1. The van der Waals surface area contributed by atoms with Gasteiger partial charge in [0.1, 0.15) is 6.29 Å². The number of fused-ring (bicyclic) bond motifs is 1. The van der Waals surface area contributed by atoms with Crippen molar-refractivity contribution in [2.24, 2.45) is 0 Å². The summed E-state index contributed by atoms with van der Waals surface area (Å²) < 4.78 is 0. The zero-order valence-electron chi connectivity index (χ0n) is 14.4. The number of hydrogen-bond donors (Lipinski definition) is 0. The van der Waals surface area contributed by atoms with Gasteiger partial charge in [-0.2, -0.15) is 0 Å². The molecule has 1 aromatic carbocycles. The Bertz CT molecular complexity index is 523. The highest BCUT2D eigenvalue weighted by atomic mass is 16.1. The highest BCUT2D eigenvalue weighted by Gasteiger charge is 2.37. The van der Waals surface area contributed by atoms with Crippen LogP contribution in [0.2, 0.25) is 0 Å². The molecule has 0 heterocycles. The number of benzene rings is 1. The van der Waals surface area contributed by atoms with E-state index in [1.165, 1.54) is 48.8 Å². The number of carbonyl (C=O) groups excluding carboxylic acids is 1. The van der Waals surface area contributed by atoms with Crippen LogP contribution in [0.25, 0.3) is 0 Å². The molecule has 1 heteroatoms. The maximum absolute atomic E-state index is 11.5. The van der Waals surface area contributed by atoms with Crippen LogP contribution in [0, 0.1) is 0 Å². The number of rotatable bonds is 5. The molecule has 0 unspecified atom stereocenters. The zero-order chi connectivity index (χ0) is 15.7. The summed E-state index contributed by atoms with van der Waals surface area (Å²) in [5.74, 6) is 0. The molecule has 0 spiro atoms. The van der Waals surface area contributed by atoms with Crippen molar-refractivity contribution in [2.75, 3.05) is 0 Å². The second-order valence-electron chi connectivity index (χ2n) is 7.94. The fourth-order valence-corrected chi connectivity index (χ4v) is 3.57. The van der Waals surface area contributed by atoms with Gasteiger partial charge in [-0.1, -0.05) is 53.5 Å². The van der Waals surface area contributed by atoms with Crippen molar-refractivity contribution < 1.29 is 4.79 Å². The summed E-state index contributed by atoms with van der Waals surface area (Å²) in [6.45, 7) is 11.5. The molecule has 0 saturated carbocycles. The molecule has 21 heavy (non-hydrogen) atoms. The predicted molar refractivity (Wildman–Crippen MR) is 90.3 cm³/mol. The van der Waals surface area contributed by atoms with Gasteiger partial charge in [0.25, 0.3) is 0 Å². The van der Waals surface area contributed by atoms with E-state index in [0.29, 0.717) is 0 Å². The van der Waals surface area contributed by atoms with Gasteiger partial charge in [-0.3, -0.25) is 4.79 Å². The van der Waals surface area contributed by atoms with E-state index >= 15 is 0 Å². The van der Waals surface area contributed by atoms with E-state index in [1.54, 1.807) is 0 Å². The smallest absolute Gasteiger partial charge is 0.150 e. The number of unbranched alkanes of at least 4 members (excludes halogenated alkanes) is 2. The highest BCUT2D eigenvalue weighted by Crippen LogP contribution is 2.46. The van der Waals surface area contributed by atoms with E-state index in [1.807, 2.05) is 0 Å². The Hall–Kier alpha value is -1.11. The van der Waals surface area contributed by atoms with Gasteiger partial charge in [0.05, 0.1) is 0 Å². The lowest BCUT2D eigenvalue weighted by molar-refractivity contribution is 0.112. The summed E-state index contributed by atoms with van der Waals surface area (Å²) in [5.41, 5.74) is 5.44. The van der Waals surface area contributed by atoms with E-state index in [4.69, 9.17) is 0 Å². The van der Waals surface area contributed by atoms with Crippen LogP contribution in [0.4, 0.5) is 0 Å². The van der Waals surface area contributed by atoms with Crippen molar-refractivity contribution in [1.29, 1.82) is 0 Å². The van der Waals surface area contributed by atoms with Crippen LogP contribution < -0.4 is 0 Å². The lowest BCUT2D eigenvalue weighted by Gasteiger charge is -2.42. The molecule has 0 fully saturated rings. The van der Waals surface area contributed by atoms with Crippen LogP contribution in [0.1, 0.15) is 93.8 Å². The lowest BCUT2D eigenvalue weighted by atomic mass is 9.62. The molecule has 1 aliphatic rings. The van der Waals surface area contributed by atoms with Crippen molar-refractivity contribution in [3.63, 3.8) is 0 Å². The summed E-state index contributed by atoms with van der Waals surface area (Å²) in [7, 11) is 0. The summed E-state index contributed by atoms with van der Waals surface area (Å²) in [4.78, 5) is 11.5. The lowest BCUT2D eigenvalue weighted by Crippen LogP contribution is -2.34. The molecular formula is C20H30O. The third-order valence-electron chi connectivity index (χ3n) is 5.29.